The standard InChI is InChI=1S/C20H19ClN2O4S/c1-3-15(20(24)25)18-12-13-11-14(21)8-9-17(13)23(18)28(26,27)19(4-2)16-7-5-6-10-22-16/h4-12,15,19H,2-3H2,1H3,(H,24,25). The molecule has 2 unspecified atom stereocenters. The quantitative estimate of drug-likeness (QED) is 0.575. The molecule has 3 aromatic rings. The molecule has 8 heteroatoms. The summed E-state index contributed by atoms with van der Waals surface area (Å²) >= 11 is 6.06. The minimum absolute atomic E-state index is 0.176. The first kappa shape index (κ1) is 20.1. The van der Waals surface area contributed by atoms with E-state index in [0.717, 1.165) is 3.97 Å². The molecule has 0 saturated heterocycles. The zero-order chi connectivity index (χ0) is 20.5. The van der Waals surface area contributed by atoms with Gasteiger partial charge in [-0.3, -0.25) is 9.78 Å². The number of nitrogens with zero attached hydrogens (tertiary/aromatic N) is 2. The lowest BCUT2D eigenvalue weighted by atomic mass is 10.0. The van der Waals surface area contributed by atoms with Gasteiger partial charge in [-0.25, -0.2) is 12.4 Å². The normalized spacial score (nSPS) is 13.9. The van der Waals surface area contributed by atoms with Gasteiger partial charge in [-0.2, -0.15) is 0 Å². The van der Waals surface area contributed by atoms with Gasteiger partial charge in [0.2, 0.25) is 0 Å². The number of aromatic nitrogens is 2. The van der Waals surface area contributed by atoms with Gasteiger partial charge in [0.1, 0.15) is 5.25 Å². The van der Waals surface area contributed by atoms with E-state index in [1.807, 2.05) is 0 Å². The van der Waals surface area contributed by atoms with E-state index in [-0.39, 0.29) is 12.1 Å². The van der Waals surface area contributed by atoms with Crippen LogP contribution in [-0.4, -0.2) is 28.5 Å². The highest BCUT2D eigenvalue weighted by molar-refractivity contribution is 7.90. The van der Waals surface area contributed by atoms with Crippen LogP contribution in [0.3, 0.4) is 0 Å². The Morgan fingerprint density at radius 1 is 1.32 bits per heavy atom. The van der Waals surface area contributed by atoms with Gasteiger partial charge >= 0.3 is 5.97 Å². The number of carbonyl (C=O) groups is 1. The predicted octanol–water partition coefficient (Wildman–Crippen LogP) is 4.37. The van der Waals surface area contributed by atoms with Gasteiger partial charge in [0.25, 0.3) is 10.0 Å². The summed E-state index contributed by atoms with van der Waals surface area (Å²) < 4.78 is 28.3. The average molecular weight is 419 g/mol. The predicted molar refractivity (Wildman–Crippen MR) is 109 cm³/mol. The molecule has 0 aliphatic carbocycles. The van der Waals surface area contributed by atoms with Crippen molar-refractivity contribution in [3.63, 3.8) is 0 Å². The van der Waals surface area contributed by atoms with E-state index in [9.17, 15) is 18.3 Å². The Balaban J connectivity index is 2.33. The maximum atomic E-state index is 13.6. The Morgan fingerprint density at radius 2 is 2.07 bits per heavy atom. The lowest BCUT2D eigenvalue weighted by Gasteiger charge is -2.20. The molecule has 0 radical (unpaired) electrons. The number of carboxylic acid groups (broad SMARTS) is 1. The van der Waals surface area contributed by atoms with Crippen molar-refractivity contribution in [2.45, 2.75) is 24.5 Å². The van der Waals surface area contributed by atoms with Gasteiger partial charge in [-0.05, 0) is 42.8 Å². The number of pyridine rings is 1. The van der Waals surface area contributed by atoms with Crippen molar-refractivity contribution in [3.05, 3.63) is 77.7 Å². The van der Waals surface area contributed by atoms with Crippen LogP contribution < -0.4 is 0 Å². The second-order valence-corrected chi connectivity index (χ2v) is 8.63. The molecule has 0 spiro atoms. The number of rotatable bonds is 7. The van der Waals surface area contributed by atoms with E-state index in [0.29, 0.717) is 21.6 Å². The van der Waals surface area contributed by atoms with E-state index in [4.69, 9.17) is 11.6 Å². The second kappa shape index (κ2) is 7.77. The highest BCUT2D eigenvalue weighted by Crippen LogP contribution is 2.35. The molecule has 0 fully saturated rings. The van der Waals surface area contributed by atoms with Crippen LogP contribution in [0, 0.1) is 0 Å². The van der Waals surface area contributed by atoms with Crippen molar-refractivity contribution < 1.29 is 18.3 Å². The van der Waals surface area contributed by atoms with E-state index < -0.39 is 27.2 Å². The van der Waals surface area contributed by atoms with Crippen LogP contribution in [-0.2, 0) is 14.8 Å². The third-order valence-electron chi connectivity index (χ3n) is 4.58. The molecule has 6 nitrogen and oxygen atoms in total. The molecule has 2 heterocycles. The number of carboxylic acids is 1. The summed E-state index contributed by atoms with van der Waals surface area (Å²) in [5.74, 6) is -2.09. The van der Waals surface area contributed by atoms with Crippen molar-refractivity contribution in [2.75, 3.05) is 0 Å². The molecular formula is C20H19ClN2O4S. The third-order valence-corrected chi connectivity index (χ3v) is 6.81. The molecule has 0 saturated carbocycles. The lowest BCUT2D eigenvalue weighted by Crippen LogP contribution is -2.25. The van der Waals surface area contributed by atoms with Gasteiger partial charge in [0, 0.05) is 22.3 Å². The van der Waals surface area contributed by atoms with Gasteiger partial charge in [0.05, 0.1) is 17.1 Å². The average Bonchev–Trinajstić information content (AvgIpc) is 3.02. The van der Waals surface area contributed by atoms with E-state index in [2.05, 4.69) is 11.6 Å². The molecule has 1 aromatic carbocycles. The minimum Gasteiger partial charge on any atom is -0.481 e. The van der Waals surface area contributed by atoms with Crippen molar-refractivity contribution in [1.82, 2.24) is 8.96 Å². The summed E-state index contributed by atoms with van der Waals surface area (Å²) in [7, 11) is -4.09. The molecule has 2 atom stereocenters. The largest absolute Gasteiger partial charge is 0.481 e. The number of benzene rings is 1. The van der Waals surface area contributed by atoms with Gasteiger partial charge in [-0.15, -0.1) is 6.58 Å². The third kappa shape index (κ3) is 3.43. The Labute approximate surface area is 168 Å². The van der Waals surface area contributed by atoms with Crippen LogP contribution in [0.1, 0.15) is 35.9 Å². The summed E-state index contributed by atoms with van der Waals surface area (Å²) in [6.07, 6.45) is 3.03. The van der Waals surface area contributed by atoms with Gasteiger partial charge in [0.15, 0.2) is 0 Å². The zero-order valence-electron chi connectivity index (χ0n) is 15.1. The number of hydrogen-bond acceptors (Lipinski definition) is 4. The first-order valence-electron chi connectivity index (χ1n) is 8.62. The van der Waals surface area contributed by atoms with E-state index in [1.54, 1.807) is 49.4 Å². The molecule has 1 N–H and O–H groups in total. The zero-order valence-corrected chi connectivity index (χ0v) is 16.7. The van der Waals surface area contributed by atoms with Crippen LogP contribution in [0.4, 0.5) is 0 Å². The maximum absolute atomic E-state index is 13.6. The van der Waals surface area contributed by atoms with Crippen LogP contribution in [0.5, 0.6) is 0 Å². The summed E-state index contributed by atoms with van der Waals surface area (Å²) in [6, 6.07) is 11.3. The fourth-order valence-electron chi connectivity index (χ4n) is 3.27. The van der Waals surface area contributed by atoms with Crippen LogP contribution in [0.15, 0.2) is 61.3 Å². The van der Waals surface area contributed by atoms with Crippen molar-refractivity contribution in [2.24, 2.45) is 0 Å². The molecule has 0 aliphatic heterocycles. The summed E-state index contributed by atoms with van der Waals surface area (Å²) in [6.45, 7) is 5.37. The van der Waals surface area contributed by atoms with Gasteiger partial charge < -0.3 is 5.11 Å². The monoisotopic (exact) mass is 418 g/mol. The minimum atomic E-state index is -4.09. The molecule has 0 amide bonds. The van der Waals surface area contributed by atoms with Crippen molar-refractivity contribution in [3.8, 4) is 0 Å². The molecule has 0 bridgehead atoms. The highest BCUT2D eigenvalue weighted by atomic mass is 35.5. The number of fused-ring (bicyclic) bond motifs is 1. The first-order chi connectivity index (χ1) is 13.3. The summed E-state index contributed by atoms with van der Waals surface area (Å²) in [5.41, 5.74) is 0.847. The molecular weight excluding hydrogens is 400 g/mol. The Hall–Kier alpha value is -2.64. The van der Waals surface area contributed by atoms with Crippen LogP contribution in [0.25, 0.3) is 10.9 Å². The Kier molecular flexibility index (Phi) is 5.58. The molecule has 2 aromatic heterocycles. The summed E-state index contributed by atoms with van der Waals surface area (Å²) in [4.78, 5) is 15.9. The number of halogens is 1. The highest BCUT2D eigenvalue weighted by Gasteiger charge is 2.34. The maximum Gasteiger partial charge on any atom is 0.312 e. The molecule has 0 aliphatic rings. The number of hydrogen-bond donors (Lipinski definition) is 1. The topological polar surface area (TPSA) is 89.3 Å². The smallest absolute Gasteiger partial charge is 0.312 e. The fourth-order valence-corrected chi connectivity index (χ4v) is 5.28. The van der Waals surface area contributed by atoms with E-state index in [1.165, 1.54) is 12.3 Å². The second-order valence-electron chi connectivity index (χ2n) is 6.29. The lowest BCUT2D eigenvalue weighted by molar-refractivity contribution is -0.138. The van der Waals surface area contributed by atoms with Gasteiger partial charge in [-0.1, -0.05) is 30.7 Å². The van der Waals surface area contributed by atoms with Crippen molar-refractivity contribution >= 4 is 38.5 Å². The Morgan fingerprint density at radius 3 is 2.64 bits per heavy atom. The molecule has 146 valence electrons. The number of aliphatic carboxylic acids is 1. The summed E-state index contributed by atoms with van der Waals surface area (Å²) in [5, 5.41) is 9.49. The van der Waals surface area contributed by atoms with Crippen LogP contribution >= 0.6 is 11.6 Å². The molecule has 3 rings (SSSR count). The first-order valence-corrected chi connectivity index (χ1v) is 10.5. The SMILES string of the molecule is C=CC(c1ccccn1)S(=O)(=O)n1c(C(CC)C(=O)O)cc2cc(Cl)ccc21. The molecule has 28 heavy (non-hydrogen) atoms. The van der Waals surface area contributed by atoms with Crippen molar-refractivity contribution in [1.29, 1.82) is 0 Å². The van der Waals surface area contributed by atoms with Crippen LogP contribution in [0.2, 0.25) is 5.02 Å². The van der Waals surface area contributed by atoms with E-state index >= 15 is 0 Å². The fraction of sp³-hybridized carbons (Fsp3) is 0.200. The Bertz CT molecular complexity index is 1140.